The summed E-state index contributed by atoms with van der Waals surface area (Å²) in [6.07, 6.45) is 1.56. The van der Waals surface area contributed by atoms with Crippen LogP contribution in [0.5, 0.6) is 0 Å². The summed E-state index contributed by atoms with van der Waals surface area (Å²) < 4.78 is 9.21. The second kappa shape index (κ2) is 9.00. The first kappa shape index (κ1) is 22.1. The molecule has 0 spiro atoms. The maximum atomic E-state index is 12.9. The summed E-state index contributed by atoms with van der Waals surface area (Å²) in [5, 5.41) is 10.0. The van der Waals surface area contributed by atoms with E-state index in [1.807, 2.05) is 12.1 Å². The van der Waals surface area contributed by atoms with Crippen LogP contribution in [0.3, 0.4) is 0 Å². The fourth-order valence-corrected chi connectivity index (χ4v) is 5.57. The largest absolute Gasteiger partial charge is 0.461 e. The molecule has 13 heteroatoms. The summed E-state index contributed by atoms with van der Waals surface area (Å²) in [6, 6.07) is 11.9. The molecule has 5 aromatic rings. The smallest absolute Gasteiger partial charge is 0.309 e. The Morgan fingerprint density at radius 2 is 1.83 bits per heavy atom. The highest BCUT2D eigenvalue weighted by molar-refractivity contribution is 7.97. The zero-order valence-corrected chi connectivity index (χ0v) is 20.3. The van der Waals surface area contributed by atoms with Crippen LogP contribution < -0.4 is 20.6 Å². The first-order valence-electron chi connectivity index (χ1n) is 11.1. The third kappa shape index (κ3) is 4.05. The molecule has 1 aliphatic heterocycles. The predicted molar refractivity (Wildman–Crippen MR) is 138 cm³/mol. The lowest BCUT2D eigenvalue weighted by molar-refractivity contribution is 0.248. The van der Waals surface area contributed by atoms with Gasteiger partial charge in [0.1, 0.15) is 4.70 Å². The van der Waals surface area contributed by atoms with E-state index in [9.17, 15) is 4.79 Å². The molecule has 1 fully saturated rings. The Hall–Kier alpha value is -3.39. The van der Waals surface area contributed by atoms with Crippen LogP contribution >= 0.6 is 23.3 Å². The zero-order valence-electron chi connectivity index (χ0n) is 18.7. The van der Waals surface area contributed by atoms with Crippen LogP contribution in [-0.4, -0.2) is 61.8 Å². The lowest BCUT2D eigenvalue weighted by atomic mass is 10.2. The molecule has 0 unspecified atom stereocenters. The molecule has 0 radical (unpaired) electrons. The van der Waals surface area contributed by atoms with Crippen LogP contribution in [0.25, 0.3) is 27.6 Å². The molecule has 0 saturated carbocycles. The van der Waals surface area contributed by atoms with Crippen molar-refractivity contribution in [1.29, 1.82) is 0 Å². The fourth-order valence-electron chi connectivity index (χ4n) is 4.34. The van der Waals surface area contributed by atoms with Gasteiger partial charge in [0.15, 0.2) is 17.1 Å². The summed E-state index contributed by atoms with van der Waals surface area (Å²) in [4.78, 5) is 27.6. The highest BCUT2D eigenvalue weighted by Crippen LogP contribution is 2.26. The fraction of sp³-hybridized carbons (Fsp3) is 0.273. The molecule has 4 aromatic heterocycles. The number of thiazole rings is 1. The molecule has 0 atom stereocenters. The number of benzene rings is 1. The number of hydrogen-bond acceptors (Lipinski definition) is 11. The van der Waals surface area contributed by atoms with Gasteiger partial charge in [-0.15, -0.1) is 5.10 Å². The topological polar surface area (TPSA) is 137 Å². The van der Waals surface area contributed by atoms with Crippen molar-refractivity contribution in [2.75, 3.05) is 43.4 Å². The van der Waals surface area contributed by atoms with Gasteiger partial charge in [-0.2, -0.15) is 9.50 Å². The lowest BCUT2D eigenvalue weighted by Crippen LogP contribution is -2.47. The Bertz CT molecular complexity index is 1530. The van der Waals surface area contributed by atoms with Crippen molar-refractivity contribution in [2.45, 2.75) is 11.4 Å². The van der Waals surface area contributed by atoms with Crippen molar-refractivity contribution in [3.63, 3.8) is 0 Å². The second-order valence-electron chi connectivity index (χ2n) is 8.23. The number of furan rings is 1. The monoisotopic (exact) mass is 509 g/mol. The molecule has 4 N–H and O–H groups in total. The van der Waals surface area contributed by atoms with E-state index >= 15 is 0 Å². The van der Waals surface area contributed by atoms with E-state index in [4.69, 9.17) is 15.3 Å². The molecule has 0 bridgehead atoms. The van der Waals surface area contributed by atoms with Gasteiger partial charge in [-0.1, -0.05) is 11.3 Å². The van der Waals surface area contributed by atoms with Crippen LogP contribution in [0.2, 0.25) is 0 Å². The van der Waals surface area contributed by atoms with Gasteiger partial charge in [0.05, 0.1) is 6.26 Å². The molecule has 1 aliphatic rings. The maximum absolute atomic E-state index is 12.9. The third-order valence-electron chi connectivity index (χ3n) is 6.21. The molecule has 180 valence electrons. The van der Waals surface area contributed by atoms with Gasteiger partial charge in [-0.3, -0.25) is 19.4 Å². The van der Waals surface area contributed by atoms with Crippen LogP contribution in [0.1, 0.15) is 0 Å². The first-order chi connectivity index (χ1) is 17.1. The molecule has 0 amide bonds. The van der Waals surface area contributed by atoms with E-state index in [-0.39, 0.29) is 10.8 Å². The second-order valence-corrected chi connectivity index (χ2v) is 9.90. The number of anilines is 2. The van der Waals surface area contributed by atoms with E-state index in [1.165, 1.54) is 22.2 Å². The van der Waals surface area contributed by atoms with Gasteiger partial charge in [0.25, 0.3) is 0 Å². The Morgan fingerprint density at radius 3 is 2.54 bits per heavy atom. The molecular weight excluding hydrogens is 486 g/mol. The van der Waals surface area contributed by atoms with Crippen molar-refractivity contribution >= 4 is 50.9 Å². The van der Waals surface area contributed by atoms with Crippen molar-refractivity contribution in [1.82, 2.24) is 29.0 Å². The highest BCUT2D eigenvalue weighted by Gasteiger charge is 2.21. The Balaban J connectivity index is 1.19. The summed E-state index contributed by atoms with van der Waals surface area (Å²) in [5.41, 5.74) is 8.43. The first-order valence-corrected chi connectivity index (χ1v) is 12.8. The number of aromatic nitrogens is 5. The summed E-state index contributed by atoms with van der Waals surface area (Å²) in [5.74, 6) is 1.11. The van der Waals surface area contributed by atoms with E-state index in [0.717, 1.165) is 49.0 Å². The predicted octanol–water partition coefficient (Wildman–Crippen LogP) is 2.13. The van der Waals surface area contributed by atoms with E-state index < -0.39 is 0 Å². The van der Waals surface area contributed by atoms with Crippen molar-refractivity contribution in [2.24, 2.45) is 5.14 Å². The number of nitrogens with zero attached hydrogens (tertiary/aromatic N) is 7. The van der Waals surface area contributed by atoms with Gasteiger partial charge >= 0.3 is 4.87 Å². The normalized spacial score (nSPS) is 14.9. The molecule has 35 heavy (non-hydrogen) atoms. The number of nitrogens with two attached hydrogens (primary N) is 2. The van der Waals surface area contributed by atoms with Gasteiger partial charge < -0.3 is 15.1 Å². The maximum Gasteiger partial charge on any atom is 0.309 e. The molecule has 1 saturated heterocycles. The Morgan fingerprint density at radius 1 is 1.03 bits per heavy atom. The number of fused-ring (bicyclic) bond motifs is 3. The molecule has 11 nitrogen and oxygen atoms in total. The number of rotatable bonds is 6. The molecule has 6 rings (SSSR count). The quantitative estimate of drug-likeness (QED) is 0.328. The zero-order chi connectivity index (χ0) is 23.9. The minimum atomic E-state index is -0.0842. The van der Waals surface area contributed by atoms with E-state index in [0.29, 0.717) is 34.1 Å². The minimum Gasteiger partial charge on any atom is -0.461 e. The van der Waals surface area contributed by atoms with Gasteiger partial charge in [-0.05, 0) is 48.3 Å². The van der Waals surface area contributed by atoms with Gasteiger partial charge in [0.2, 0.25) is 11.8 Å². The number of hydrogen-bond donors (Lipinski definition) is 2. The van der Waals surface area contributed by atoms with Crippen molar-refractivity contribution in [3.8, 4) is 11.6 Å². The van der Waals surface area contributed by atoms with Crippen molar-refractivity contribution in [3.05, 3.63) is 52.3 Å². The standard InChI is InChI=1S/C22H23N9O2S2/c23-21-26-19-17(20-25-18(27-31(20)21)16-2-1-13-33-16)34-22(32)30(19)12-9-28-7-10-29(11-8-28)14-3-5-15(35-24)6-4-14/h1-6,13H,7-12,24H2,(H2,23,26). The number of nitrogen functional groups attached to an aromatic ring is 1. The van der Waals surface area contributed by atoms with E-state index in [2.05, 4.69) is 37.0 Å². The minimum absolute atomic E-state index is 0.0842. The third-order valence-corrected chi connectivity index (χ3v) is 7.72. The summed E-state index contributed by atoms with van der Waals surface area (Å²) >= 11 is 2.37. The van der Waals surface area contributed by atoms with Gasteiger partial charge in [0, 0.05) is 49.9 Å². The molecule has 0 aliphatic carbocycles. The average molecular weight is 510 g/mol. The number of piperazine rings is 1. The SMILES string of the molecule is NSc1ccc(N2CCN(CCn3c(=O)sc4c3nc(N)n3nc(-c5ccco5)nc43)CC2)cc1. The Labute approximate surface area is 208 Å². The van der Waals surface area contributed by atoms with Crippen LogP contribution in [0.4, 0.5) is 11.6 Å². The Kier molecular flexibility index (Phi) is 5.68. The highest BCUT2D eigenvalue weighted by atomic mass is 32.2. The van der Waals surface area contributed by atoms with Crippen LogP contribution in [0, 0.1) is 0 Å². The molecule has 1 aromatic carbocycles. The molecular formula is C22H23N9O2S2. The summed E-state index contributed by atoms with van der Waals surface area (Å²) in [7, 11) is 0. The summed E-state index contributed by atoms with van der Waals surface area (Å²) in [6.45, 7) is 4.97. The van der Waals surface area contributed by atoms with Crippen LogP contribution in [-0.2, 0) is 6.54 Å². The van der Waals surface area contributed by atoms with Gasteiger partial charge in [-0.25, -0.2) is 4.98 Å². The lowest BCUT2D eigenvalue weighted by Gasteiger charge is -2.36. The van der Waals surface area contributed by atoms with E-state index in [1.54, 1.807) is 23.0 Å². The van der Waals surface area contributed by atoms with Crippen molar-refractivity contribution < 1.29 is 4.42 Å². The van der Waals surface area contributed by atoms with Crippen LogP contribution in [0.15, 0.2) is 56.8 Å². The average Bonchev–Trinajstić information content (AvgIpc) is 3.63. The molecule has 5 heterocycles.